The lowest BCUT2D eigenvalue weighted by molar-refractivity contribution is -0.0118. The maximum atomic E-state index is 5.54. The number of aromatic nitrogens is 4. The molecule has 33 heavy (non-hydrogen) atoms. The van der Waals surface area contributed by atoms with E-state index in [0.717, 1.165) is 74.9 Å². The van der Waals surface area contributed by atoms with E-state index in [4.69, 9.17) is 14.5 Å². The first-order valence-electron chi connectivity index (χ1n) is 11.8. The van der Waals surface area contributed by atoms with E-state index in [2.05, 4.69) is 69.5 Å². The molecule has 5 rings (SSSR count). The fourth-order valence-corrected chi connectivity index (χ4v) is 4.64. The van der Waals surface area contributed by atoms with E-state index < -0.39 is 0 Å². The quantitative estimate of drug-likeness (QED) is 0.523. The number of morpholine rings is 1. The average Bonchev–Trinajstić information content (AvgIpc) is 3.31. The van der Waals surface area contributed by atoms with E-state index in [0.29, 0.717) is 17.6 Å². The van der Waals surface area contributed by atoms with E-state index in [-0.39, 0.29) is 5.54 Å². The van der Waals surface area contributed by atoms with Gasteiger partial charge >= 0.3 is 0 Å². The number of rotatable bonds is 6. The smallest absolute Gasteiger partial charge is 0.231 e. The van der Waals surface area contributed by atoms with Gasteiger partial charge in [-0.25, -0.2) is 4.98 Å². The molecular weight excluding hydrogens is 418 g/mol. The number of aromatic amines is 1. The number of benzene rings is 1. The second-order valence-corrected chi connectivity index (χ2v) is 9.34. The van der Waals surface area contributed by atoms with Gasteiger partial charge in [-0.05, 0) is 50.8 Å². The molecule has 0 saturated carbocycles. The standard InChI is InChI=1S/C24H33N7O2/c1-16-14-17(24(2,3)31-8-12-33-13-9-31)4-5-19(16)28-23-29-21-20(25-15-26-21)22(30-23)27-18-6-10-32-11-7-18/h4-5,14-15,18H,6-13H2,1-3H3,(H3,25,26,27,28,29,30). The van der Waals surface area contributed by atoms with Gasteiger partial charge in [0.1, 0.15) is 5.52 Å². The highest BCUT2D eigenvalue weighted by Crippen LogP contribution is 2.32. The molecule has 2 aliphatic rings. The monoisotopic (exact) mass is 451 g/mol. The predicted molar refractivity (Wildman–Crippen MR) is 129 cm³/mol. The molecule has 0 bridgehead atoms. The van der Waals surface area contributed by atoms with Crippen LogP contribution in [0.2, 0.25) is 0 Å². The number of H-pyrrole nitrogens is 1. The number of anilines is 3. The van der Waals surface area contributed by atoms with Gasteiger partial charge < -0.3 is 25.1 Å². The first-order chi connectivity index (χ1) is 16.0. The lowest BCUT2D eigenvalue weighted by atomic mass is 9.90. The summed E-state index contributed by atoms with van der Waals surface area (Å²) in [5, 5.41) is 6.97. The van der Waals surface area contributed by atoms with Crippen molar-refractivity contribution < 1.29 is 9.47 Å². The van der Waals surface area contributed by atoms with E-state index >= 15 is 0 Å². The summed E-state index contributed by atoms with van der Waals surface area (Å²) < 4.78 is 11.0. The Kier molecular flexibility index (Phi) is 6.18. The van der Waals surface area contributed by atoms with Crippen molar-refractivity contribution in [1.82, 2.24) is 24.8 Å². The van der Waals surface area contributed by atoms with Crippen LogP contribution in [0, 0.1) is 6.92 Å². The number of hydrogen-bond acceptors (Lipinski definition) is 8. The molecule has 3 aromatic rings. The number of hydrogen-bond donors (Lipinski definition) is 3. The van der Waals surface area contributed by atoms with Gasteiger partial charge in [-0.1, -0.05) is 12.1 Å². The number of nitrogens with one attached hydrogen (secondary N) is 3. The van der Waals surface area contributed by atoms with Crippen molar-refractivity contribution in [3.05, 3.63) is 35.7 Å². The highest BCUT2D eigenvalue weighted by molar-refractivity contribution is 5.84. The lowest BCUT2D eigenvalue weighted by Gasteiger charge is -2.41. The zero-order valence-electron chi connectivity index (χ0n) is 19.6. The maximum absolute atomic E-state index is 5.54. The molecule has 1 aromatic carbocycles. The van der Waals surface area contributed by atoms with Crippen molar-refractivity contribution in [3.8, 4) is 0 Å². The third kappa shape index (κ3) is 4.66. The summed E-state index contributed by atoms with van der Waals surface area (Å²) in [7, 11) is 0. The Balaban J connectivity index is 1.38. The zero-order chi connectivity index (χ0) is 22.8. The second-order valence-electron chi connectivity index (χ2n) is 9.34. The fourth-order valence-electron chi connectivity index (χ4n) is 4.64. The average molecular weight is 452 g/mol. The summed E-state index contributed by atoms with van der Waals surface area (Å²) in [5.74, 6) is 1.29. The van der Waals surface area contributed by atoms with Gasteiger partial charge in [0.15, 0.2) is 11.5 Å². The Hall–Kier alpha value is -2.75. The molecule has 2 aromatic heterocycles. The number of aryl methyl sites for hydroxylation is 1. The summed E-state index contributed by atoms with van der Waals surface area (Å²) in [4.78, 5) is 19.4. The molecule has 2 saturated heterocycles. The maximum Gasteiger partial charge on any atom is 0.231 e. The molecule has 0 atom stereocenters. The van der Waals surface area contributed by atoms with Crippen LogP contribution >= 0.6 is 0 Å². The molecule has 9 heteroatoms. The minimum absolute atomic E-state index is 0.0564. The first-order valence-corrected chi connectivity index (χ1v) is 11.8. The van der Waals surface area contributed by atoms with Crippen molar-refractivity contribution in [1.29, 1.82) is 0 Å². The van der Waals surface area contributed by atoms with Crippen LogP contribution in [0.15, 0.2) is 24.5 Å². The van der Waals surface area contributed by atoms with Crippen LogP contribution in [0.5, 0.6) is 0 Å². The normalized spacial score (nSPS) is 18.5. The largest absolute Gasteiger partial charge is 0.381 e. The highest BCUT2D eigenvalue weighted by atomic mass is 16.5. The Morgan fingerprint density at radius 3 is 2.58 bits per heavy atom. The van der Waals surface area contributed by atoms with Crippen LogP contribution < -0.4 is 10.6 Å². The van der Waals surface area contributed by atoms with Crippen molar-refractivity contribution in [2.75, 3.05) is 50.2 Å². The lowest BCUT2D eigenvalue weighted by Crippen LogP contribution is -2.47. The Morgan fingerprint density at radius 2 is 1.82 bits per heavy atom. The molecule has 2 aliphatic heterocycles. The van der Waals surface area contributed by atoms with E-state index in [1.54, 1.807) is 6.33 Å². The number of nitrogens with zero attached hydrogens (tertiary/aromatic N) is 4. The van der Waals surface area contributed by atoms with Gasteiger partial charge in [0.25, 0.3) is 0 Å². The fraction of sp³-hybridized carbons (Fsp3) is 0.542. The van der Waals surface area contributed by atoms with E-state index in [9.17, 15) is 0 Å². The van der Waals surface area contributed by atoms with Gasteiger partial charge in [-0.15, -0.1) is 0 Å². The summed E-state index contributed by atoms with van der Waals surface area (Å²) in [5.41, 5.74) is 4.85. The minimum atomic E-state index is -0.0564. The van der Waals surface area contributed by atoms with Gasteiger partial charge in [-0.2, -0.15) is 9.97 Å². The van der Waals surface area contributed by atoms with Gasteiger partial charge in [0, 0.05) is 43.6 Å². The Labute approximate surface area is 194 Å². The summed E-state index contributed by atoms with van der Waals surface area (Å²) in [6.45, 7) is 11.7. The number of imidazole rings is 1. The van der Waals surface area contributed by atoms with E-state index in [1.165, 1.54) is 5.56 Å². The van der Waals surface area contributed by atoms with Crippen LogP contribution in [0.4, 0.5) is 17.5 Å². The molecule has 0 spiro atoms. The molecule has 0 unspecified atom stereocenters. The SMILES string of the molecule is Cc1cc(C(C)(C)N2CCOCC2)ccc1Nc1nc(NC2CCOCC2)c2nc[nH]c2n1. The van der Waals surface area contributed by atoms with Gasteiger partial charge in [0.05, 0.1) is 19.5 Å². The van der Waals surface area contributed by atoms with E-state index in [1.807, 2.05) is 0 Å². The third-order valence-corrected chi connectivity index (χ3v) is 6.82. The third-order valence-electron chi connectivity index (χ3n) is 6.82. The van der Waals surface area contributed by atoms with Crippen molar-refractivity contribution in [2.24, 2.45) is 0 Å². The Bertz CT molecular complexity index is 1100. The molecule has 2 fully saturated rings. The van der Waals surface area contributed by atoms with Crippen LogP contribution in [0.3, 0.4) is 0 Å². The number of fused-ring (bicyclic) bond motifs is 1. The second kappa shape index (κ2) is 9.24. The van der Waals surface area contributed by atoms with Crippen molar-refractivity contribution in [2.45, 2.75) is 45.2 Å². The van der Waals surface area contributed by atoms with Crippen LogP contribution in [0.1, 0.15) is 37.8 Å². The minimum Gasteiger partial charge on any atom is -0.381 e. The van der Waals surface area contributed by atoms with Crippen LogP contribution in [-0.4, -0.2) is 70.4 Å². The molecule has 0 radical (unpaired) electrons. The van der Waals surface area contributed by atoms with Gasteiger partial charge in [0.2, 0.25) is 5.95 Å². The van der Waals surface area contributed by atoms with Crippen molar-refractivity contribution >= 4 is 28.6 Å². The molecule has 9 nitrogen and oxygen atoms in total. The highest BCUT2D eigenvalue weighted by Gasteiger charge is 2.30. The predicted octanol–water partition coefficient (Wildman–Crippen LogP) is 3.56. The number of ether oxygens (including phenoxy) is 2. The van der Waals surface area contributed by atoms with Crippen LogP contribution in [-0.2, 0) is 15.0 Å². The summed E-state index contributed by atoms with van der Waals surface area (Å²) in [6.07, 6.45) is 3.57. The molecule has 3 N–H and O–H groups in total. The van der Waals surface area contributed by atoms with Crippen LogP contribution in [0.25, 0.3) is 11.2 Å². The van der Waals surface area contributed by atoms with Gasteiger partial charge in [-0.3, -0.25) is 4.90 Å². The molecule has 4 heterocycles. The zero-order valence-corrected chi connectivity index (χ0v) is 19.6. The topological polar surface area (TPSA) is 100 Å². The molecule has 0 amide bonds. The summed E-state index contributed by atoms with van der Waals surface area (Å²) >= 11 is 0. The first kappa shape index (κ1) is 22.1. The molecule has 0 aliphatic carbocycles. The Morgan fingerprint density at radius 1 is 1.06 bits per heavy atom. The summed E-state index contributed by atoms with van der Waals surface area (Å²) in [6, 6.07) is 6.90. The molecule has 176 valence electrons. The molecular formula is C24H33N7O2. The van der Waals surface area contributed by atoms with Crippen molar-refractivity contribution in [3.63, 3.8) is 0 Å².